The molecule has 1 aliphatic carbocycles. The minimum atomic E-state index is -0.635. The zero-order chi connectivity index (χ0) is 17.8. The van der Waals surface area contributed by atoms with Gasteiger partial charge in [-0.15, -0.1) is 23.7 Å². The first-order valence-electron chi connectivity index (χ1n) is 8.30. The van der Waals surface area contributed by atoms with Crippen LogP contribution in [0, 0.1) is 0 Å². The van der Waals surface area contributed by atoms with Gasteiger partial charge in [0.2, 0.25) is 5.91 Å². The first-order valence-corrected chi connectivity index (χ1v) is 9.18. The van der Waals surface area contributed by atoms with Gasteiger partial charge in [-0.3, -0.25) is 4.79 Å². The van der Waals surface area contributed by atoms with E-state index in [2.05, 4.69) is 10.6 Å². The molecule has 2 unspecified atom stereocenters. The number of nitrogens with two attached hydrogens (primary N) is 2. The molecule has 2 aromatic rings. The third kappa shape index (κ3) is 4.89. The predicted octanol–water partition coefficient (Wildman–Crippen LogP) is 3.05. The third-order valence-electron chi connectivity index (χ3n) is 4.41. The Morgan fingerprint density at radius 3 is 2.81 bits per heavy atom. The minimum Gasteiger partial charge on any atom is -0.399 e. The molecule has 0 saturated heterocycles. The van der Waals surface area contributed by atoms with Crippen molar-refractivity contribution < 1.29 is 9.59 Å². The van der Waals surface area contributed by atoms with Crippen molar-refractivity contribution in [1.29, 1.82) is 0 Å². The van der Waals surface area contributed by atoms with Crippen molar-refractivity contribution in [1.82, 2.24) is 10.6 Å². The number of fused-ring (bicyclic) bond motifs is 1. The SMILES string of the molecule is Cl.NC(=O)NC(CC(=O)NC1CCCc2cc(N)ccc21)c1cccs1. The summed E-state index contributed by atoms with van der Waals surface area (Å²) < 4.78 is 0. The van der Waals surface area contributed by atoms with Crippen molar-refractivity contribution in [3.8, 4) is 0 Å². The number of aryl methyl sites for hydroxylation is 1. The number of nitrogen functional groups attached to an aromatic ring is 1. The van der Waals surface area contributed by atoms with Crippen molar-refractivity contribution in [3.63, 3.8) is 0 Å². The van der Waals surface area contributed by atoms with Gasteiger partial charge in [0.15, 0.2) is 0 Å². The zero-order valence-corrected chi connectivity index (χ0v) is 15.9. The molecule has 0 aliphatic heterocycles. The van der Waals surface area contributed by atoms with Crippen molar-refractivity contribution in [3.05, 3.63) is 51.7 Å². The highest BCUT2D eigenvalue weighted by molar-refractivity contribution is 7.10. The van der Waals surface area contributed by atoms with Gasteiger partial charge in [0.25, 0.3) is 0 Å². The van der Waals surface area contributed by atoms with Crippen LogP contribution >= 0.6 is 23.7 Å². The second-order valence-corrected chi connectivity index (χ2v) is 7.23. The summed E-state index contributed by atoms with van der Waals surface area (Å²) in [4.78, 5) is 24.7. The Labute approximate surface area is 162 Å². The number of hydrogen-bond donors (Lipinski definition) is 4. The number of benzene rings is 1. The lowest BCUT2D eigenvalue weighted by molar-refractivity contribution is -0.122. The van der Waals surface area contributed by atoms with E-state index in [1.54, 1.807) is 0 Å². The van der Waals surface area contributed by atoms with Crippen LogP contribution in [0.2, 0.25) is 0 Å². The fourth-order valence-corrected chi connectivity index (χ4v) is 4.08. The second kappa shape index (κ2) is 8.91. The Bertz CT molecular complexity index is 767. The summed E-state index contributed by atoms with van der Waals surface area (Å²) in [6.07, 6.45) is 3.04. The topological polar surface area (TPSA) is 110 Å². The summed E-state index contributed by atoms with van der Waals surface area (Å²) in [5.74, 6) is -0.109. The number of hydrogen-bond acceptors (Lipinski definition) is 4. The number of halogens is 1. The monoisotopic (exact) mass is 394 g/mol. The van der Waals surface area contributed by atoms with Crippen LogP contribution in [0.4, 0.5) is 10.5 Å². The lowest BCUT2D eigenvalue weighted by Gasteiger charge is -2.27. The Kier molecular flexibility index (Phi) is 6.88. The molecular weight excluding hydrogens is 372 g/mol. The fourth-order valence-electron chi connectivity index (χ4n) is 3.31. The molecule has 0 radical (unpaired) electrons. The number of thiophene rings is 1. The van der Waals surface area contributed by atoms with Crippen LogP contribution in [-0.4, -0.2) is 11.9 Å². The first-order chi connectivity index (χ1) is 12.0. The summed E-state index contributed by atoms with van der Waals surface area (Å²) in [7, 11) is 0. The fraction of sp³-hybridized carbons (Fsp3) is 0.333. The molecule has 6 nitrogen and oxygen atoms in total. The van der Waals surface area contributed by atoms with Crippen LogP contribution in [0.15, 0.2) is 35.7 Å². The van der Waals surface area contributed by atoms with E-state index in [1.807, 2.05) is 35.7 Å². The summed E-state index contributed by atoms with van der Waals surface area (Å²) >= 11 is 1.49. The number of primary amides is 1. The van der Waals surface area contributed by atoms with Gasteiger partial charge >= 0.3 is 6.03 Å². The lowest BCUT2D eigenvalue weighted by atomic mass is 9.87. The molecule has 1 heterocycles. The number of urea groups is 1. The molecule has 1 aliphatic rings. The van der Waals surface area contributed by atoms with Crippen LogP contribution < -0.4 is 22.1 Å². The van der Waals surface area contributed by atoms with Crippen molar-refractivity contribution >= 4 is 41.4 Å². The summed E-state index contributed by atoms with van der Waals surface area (Å²) in [5.41, 5.74) is 14.2. The summed E-state index contributed by atoms with van der Waals surface area (Å²) in [6, 6.07) is 8.55. The zero-order valence-electron chi connectivity index (χ0n) is 14.2. The second-order valence-electron chi connectivity index (χ2n) is 6.25. The number of nitrogens with one attached hydrogen (secondary N) is 2. The highest BCUT2D eigenvalue weighted by Crippen LogP contribution is 2.31. The molecule has 1 aromatic heterocycles. The van der Waals surface area contributed by atoms with Gasteiger partial charge in [0.1, 0.15) is 0 Å². The molecule has 0 bridgehead atoms. The maximum absolute atomic E-state index is 12.6. The van der Waals surface area contributed by atoms with E-state index in [0.717, 1.165) is 35.4 Å². The van der Waals surface area contributed by atoms with E-state index < -0.39 is 12.1 Å². The highest BCUT2D eigenvalue weighted by atomic mass is 35.5. The smallest absolute Gasteiger partial charge is 0.312 e. The van der Waals surface area contributed by atoms with Gasteiger partial charge in [0.05, 0.1) is 18.5 Å². The normalized spacial score (nSPS) is 16.7. The third-order valence-corrected chi connectivity index (χ3v) is 5.40. The first kappa shape index (κ1) is 20.1. The quantitative estimate of drug-likeness (QED) is 0.585. The van der Waals surface area contributed by atoms with E-state index in [4.69, 9.17) is 11.5 Å². The van der Waals surface area contributed by atoms with Gasteiger partial charge in [0, 0.05) is 10.6 Å². The molecule has 8 heteroatoms. The van der Waals surface area contributed by atoms with Gasteiger partial charge in [-0.2, -0.15) is 0 Å². The Morgan fingerprint density at radius 1 is 1.31 bits per heavy atom. The summed E-state index contributed by atoms with van der Waals surface area (Å²) in [5, 5.41) is 7.65. The van der Waals surface area contributed by atoms with E-state index in [1.165, 1.54) is 16.9 Å². The predicted molar refractivity (Wildman–Crippen MR) is 106 cm³/mol. The van der Waals surface area contributed by atoms with Gasteiger partial charge in [-0.1, -0.05) is 12.1 Å². The van der Waals surface area contributed by atoms with Crippen LogP contribution in [0.1, 0.15) is 47.4 Å². The average molecular weight is 395 g/mol. The van der Waals surface area contributed by atoms with Gasteiger partial charge < -0.3 is 22.1 Å². The van der Waals surface area contributed by atoms with Crippen LogP contribution in [0.3, 0.4) is 0 Å². The Balaban J connectivity index is 0.00000243. The minimum absolute atomic E-state index is 0. The highest BCUT2D eigenvalue weighted by Gasteiger charge is 2.24. The van der Waals surface area contributed by atoms with Crippen molar-refractivity contribution in [2.75, 3.05) is 5.73 Å². The number of rotatable bonds is 5. The van der Waals surface area contributed by atoms with E-state index in [0.29, 0.717) is 0 Å². The summed E-state index contributed by atoms with van der Waals surface area (Å²) in [6.45, 7) is 0. The molecular formula is C18H23ClN4O2S. The standard InChI is InChI=1S/C18H22N4O2S.ClH/c19-12-6-7-13-11(9-12)3-1-4-14(13)21-17(23)10-15(22-18(20)24)16-5-2-8-25-16;/h2,5-9,14-15H,1,3-4,10,19H2,(H,21,23)(H3,20,22,24);1H. The molecule has 6 N–H and O–H groups in total. The maximum atomic E-state index is 12.6. The van der Waals surface area contributed by atoms with Crippen molar-refractivity contribution in [2.24, 2.45) is 5.73 Å². The number of amides is 3. The molecule has 26 heavy (non-hydrogen) atoms. The number of carbonyl (C=O) groups excluding carboxylic acids is 2. The van der Waals surface area contributed by atoms with E-state index in [9.17, 15) is 9.59 Å². The molecule has 2 atom stereocenters. The number of carbonyl (C=O) groups is 2. The van der Waals surface area contributed by atoms with Crippen LogP contribution in [-0.2, 0) is 11.2 Å². The lowest BCUT2D eigenvalue weighted by Crippen LogP contribution is -2.37. The van der Waals surface area contributed by atoms with E-state index in [-0.39, 0.29) is 30.8 Å². The Morgan fingerprint density at radius 2 is 2.12 bits per heavy atom. The maximum Gasteiger partial charge on any atom is 0.312 e. The molecule has 3 rings (SSSR count). The van der Waals surface area contributed by atoms with Gasteiger partial charge in [-0.05, 0) is 54.0 Å². The molecule has 0 saturated carbocycles. The molecule has 3 amide bonds. The average Bonchev–Trinajstić information content (AvgIpc) is 3.08. The molecule has 0 fully saturated rings. The van der Waals surface area contributed by atoms with Gasteiger partial charge in [-0.25, -0.2) is 4.79 Å². The molecule has 140 valence electrons. The van der Waals surface area contributed by atoms with E-state index >= 15 is 0 Å². The molecule has 1 aromatic carbocycles. The number of anilines is 1. The van der Waals surface area contributed by atoms with Crippen LogP contribution in [0.25, 0.3) is 0 Å². The Hall–Kier alpha value is -2.25. The van der Waals surface area contributed by atoms with Crippen LogP contribution in [0.5, 0.6) is 0 Å². The largest absolute Gasteiger partial charge is 0.399 e. The molecule has 0 spiro atoms. The van der Waals surface area contributed by atoms with Crippen molar-refractivity contribution in [2.45, 2.75) is 37.8 Å².